The topological polar surface area (TPSA) is 85.8 Å². The number of nitrogens with one attached hydrogen (secondary N) is 1. The van der Waals surface area contributed by atoms with E-state index in [1.165, 1.54) is 16.4 Å². The van der Waals surface area contributed by atoms with Crippen LogP contribution in [0.4, 0.5) is 0 Å². The Morgan fingerprint density at radius 3 is 2.58 bits per heavy atom. The van der Waals surface area contributed by atoms with Gasteiger partial charge in [0.25, 0.3) is 0 Å². The molecule has 26 heavy (non-hydrogen) atoms. The summed E-state index contributed by atoms with van der Waals surface area (Å²) in [5.41, 5.74) is 2.00. The zero-order valence-electron chi connectivity index (χ0n) is 13.9. The Bertz CT molecular complexity index is 867. The van der Waals surface area contributed by atoms with Gasteiger partial charge in [0.05, 0.1) is 5.75 Å². The minimum atomic E-state index is -0.0757. The molecular formula is C18H18ClN5OS. The number of hydrogen-bond acceptors (Lipinski definition) is 5. The van der Waals surface area contributed by atoms with Crippen molar-refractivity contribution in [2.45, 2.75) is 11.6 Å². The summed E-state index contributed by atoms with van der Waals surface area (Å²) >= 11 is 7.11. The number of carbonyl (C=O) groups is 1. The zero-order chi connectivity index (χ0) is 18.4. The second-order valence-electron chi connectivity index (χ2n) is 5.56. The maximum atomic E-state index is 12.0. The lowest BCUT2D eigenvalue weighted by Crippen LogP contribution is -2.27. The molecule has 0 aliphatic heterocycles. The van der Waals surface area contributed by atoms with Crippen LogP contribution >= 0.6 is 23.4 Å². The van der Waals surface area contributed by atoms with E-state index >= 15 is 0 Å². The van der Waals surface area contributed by atoms with Gasteiger partial charge in [-0.25, -0.2) is 4.68 Å². The first kappa shape index (κ1) is 18.3. The Morgan fingerprint density at radius 1 is 1.12 bits per heavy atom. The van der Waals surface area contributed by atoms with Gasteiger partial charge < -0.3 is 11.2 Å². The van der Waals surface area contributed by atoms with Crippen molar-refractivity contribution >= 4 is 29.3 Å². The van der Waals surface area contributed by atoms with Gasteiger partial charge in [-0.1, -0.05) is 65.8 Å². The maximum absolute atomic E-state index is 12.0. The summed E-state index contributed by atoms with van der Waals surface area (Å²) in [6.07, 6.45) is 0.749. The summed E-state index contributed by atoms with van der Waals surface area (Å²) in [6.45, 7) is 0.561. The third-order valence-electron chi connectivity index (χ3n) is 3.68. The molecule has 0 aliphatic carbocycles. The van der Waals surface area contributed by atoms with E-state index in [1.54, 1.807) is 0 Å². The number of halogens is 1. The van der Waals surface area contributed by atoms with Gasteiger partial charge in [-0.15, -0.1) is 10.2 Å². The number of carbonyl (C=O) groups excluding carboxylic acids is 1. The number of thioether (sulfide) groups is 1. The molecule has 1 aromatic heterocycles. The lowest BCUT2D eigenvalue weighted by atomic mass is 10.1. The predicted octanol–water partition coefficient (Wildman–Crippen LogP) is 2.76. The average molecular weight is 388 g/mol. The minimum Gasteiger partial charge on any atom is -0.355 e. The summed E-state index contributed by atoms with van der Waals surface area (Å²) in [5.74, 6) is 6.76. The molecule has 0 saturated carbocycles. The standard InChI is InChI=1S/C18H18ClN5OS/c19-15-8-6-13(7-9-15)10-11-21-16(25)12-26-18-23-22-17(24(18)20)14-4-2-1-3-5-14/h1-9H,10-12,20H2,(H,21,25). The molecule has 8 heteroatoms. The van der Waals surface area contributed by atoms with Crippen molar-refractivity contribution in [1.29, 1.82) is 0 Å². The van der Waals surface area contributed by atoms with Crippen molar-refractivity contribution in [3.63, 3.8) is 0 Å². The fraction of sp³-hybridized carbons (Fsp3) is 0.167. The maximum Gasteiger partial charge on any atom is 0.230 e. The lowest BCUT2D eigenvalue weighted by molar-refractivity contribution is -0.118. The number of nitrogens with two attached hydrogens (primary N) is 1. The fourth-order valence-corrected chi connectivity index (χ4v) is 3.15. The van der Waals surface area contributed by atoms with Crippen molar-refractivity contribution in [2.24, 2.45) is 0 Å². The van der Waals surface area contributed by atoms with E-state index in [9.17, 15) is 4.79 Å². The van der Waals surface area contributed by atoms with E-state index in [1.807, 2.05) is 54.6 Å². The number of benzene rings is 2. The van der Waals surface area contributed by atoms with Crippen LogP contribution in [-0.2, 0) is 11.2 Å². The number of rotatable bonds is 7. The number of amides is 1. The van der Waals surface area contributed by atoms with Crippen molar-refractivity contribution in [3.05, 3.63) is 65.2 Å². The van der Waals surface area contributed by atoms with E-state index in [2.05, 4.69) is 15.5 Å². The molecule has 0 spiro atoms. The minimum absolute atomic E-state index is 0.0757. The molecule has 0 bridgehead atoms. The molecular weight excluding hydrogens is 370 g/mol. The summed E-state index contributed by atoms with van der Waals surface area (Å²) in [4.78, 5) is 12.0. The average Bonchev–Trinajstić information content (AvgIpc) is 3.03. The molecule has 0 radical (unpaired) electrons. The third-order valence-corrected chi connectivity index (χ3v) is 4.87. The molecule has 2 aromatic carbocycles. The van der Waals surface area contributed by atoms with Crippen molar-refractivity contribution in [1.82, 2.24) is 20.2 Å². The van der Waals surface area contributed by atoms with Crippen LogP contribution in [0, 0.1) is 0 Å². The smallest absolute Gasteiger partial charge is 0.230 e. The Hall–Kier alpha value is -2.51. The Kier molecular flexibility index (Phi) is 6.14. The first-order valence-corrected chi connectivity index (χ1v) is 9.39. The van der Waals surface area contributed by atoms with E-state index in [-0.39, 0.29) is 11.7 Å². The van der Waals surface area contributed by atoms with Crippen LogP contribution in [0.2, 0.25) is 5.02 Å². The molecule has 3 N–H and O–H groups in total. The predicted molar refractivity (Wildman–Crippen MR) is 104 cm³/mol. The lowest BCUT2D eigenvalue weighted by Gasteiger charge is -2.06. The first-order valence-electron chi connectivity index (χ1n) is 8.03. The van der Waals surface area contributed by atoms with Crippen molar-refractivity contribution < 1.29 is 4.79 Å². The SMILES string of the molecule is Nn1c(SCC(=O)NCCc2ccc(Cl)cc2)nnc1-c1ccccc1. The van der Waals surface area contributed by atoms with Crippen LogP contribution in [0.1, 0.15) is 5.56 Å². The van der Waals surface area contributed by atoms with Gasteiger partial charge in [0.2, 0.25) is 11.1 Å². The highest BCUT2D eigenvalue weighted by Gasteiger charge is 2.13. The zero-order valence-corrected chi connectivity index (χ0v) is 15.5. The summed E-state index contributed by atoms with van der Waals surface area (Å²) in [6, 6.07) is 17.1. The van der Waals surface area contributed by atoms with E-state index in [4.69, 9.17) is 17.4 Å². The van der Waals surface area contributed by atoms with Crippen LogP contribution in [0.3, 0.4) is 0 Å². The van der Waals surface area contributed by atoms with Gasteiger partial charge in [0.15, 0.2) is 5.82 Å². The number of nitrogen functional groups attached to an aromatic ring is 1. The highest BCUT2D eigenvalue weighted by Crippen LogP contribution is 2.21. The van der Waals surface area contributed by atoms with Crippen LogP contribution in [0.5, 0.6) is 0 Å². The van der Waals surface area contributed by atoms with Gasteiger partial charge in [-0.2, -0.15) is 0 Å². The molecule has 134 valence electrons. The largest absolute Gasteiger partial charge is 0.355 e. The Morgan fingerprint density at radius 2 is 1.85 bits per heavy atom. The second kappa shape index (κ2) is 8.73. The molecule has 0 unspecified atom stereocenters. The van der Waals surface area contributed by atoms with Gasteiger partial charge in [0.1, 0.15) is 0 Å². The van der Waals surface area contributed by atoms with Gasteiger partial charge in [-0.3, -0.25) is 4.79 Å². The molecule has 1 heterocycles. The van der Waals surface area contributed by atoms with Crippen molar-refractivity contribution in [2.75, 3.05) is 18.1 Å². The molecule has 3 aromatic rings. The van der Waals surface area contributed by atoms with E-state index in [0.717, 1.165) is 17.5 Å². The summed E-state index contributed by atoms with van der Waals surface area (Å²) < 4.78 is 1.40. The quantitative estimate of drug-likeness (QED) is 0.481. The number of aromatic nitrogens is 3. The normalized spacial score (nSPS) is 10.7. The molecule has 1 amide bonds. The van der Waals surface area contributed by atoms with Gasteiger partial charge in [-0.05, 0) is 24.1 Å². The fourth-order valence-electron chi connectivity index (χ4n) is 2.34. The van der Waals surface area contributed by atoms with Gasteiger partial charge >= 0.3 is 0 Å². The molecule has 0 fully saturated rings. The van der Waals surface area contributed by atoms with E-state index < -0.39 is 0 Å². The molecule has 6 nitrogen and oxygen atoms in total. The molecule has 0 atom stereocenters. The van der Waals surface area contributed by atoms with Crippen molar-refractivity contribution in [3.8, 4) is 11.4 Å². The monoisotopic (exact) mass is 387 g/mol. The summed E-state index contributed by atoms with van der Waals surface area (Å²) in [5, 5.41) is 12.2. The van der Waals surface area contributed by atoms with Gasteiger partial charge in [0, 0.05) is 17.1 Å². The Labute approximate surface area is 160 Å². The second-order valence-corrected chi connectivity index (χ2v) is 6.94. The summed E-state index contributed by atoms with van der Waals surface area (Å²) in [7, 11) is 0. The molecule has 0 aliphatic rings. The van der Waals surface area contributed by atoms with Crippen LogP contribution < -0.4 is 11.2 Å². The number of hydrogen-bond donors (Lipinski definition) is 2. The molecule has 0 saturated heterocycles. The highest BCUT2D eigenvalue weighted by molar-refractivity contribution is 7.99. The van der Waals surface area contributed by atoms with Crippen LogP contribution in [-0.4, -0.2) is 33.1 Å². The first-order chi connectivity index (χ1) is 12.6. The number of nitrogens with zero attached hydrogens (tertiary/aromatic N) is 3. The molecule has 3 rings (SSSR count). The van der Waals surface area contributed by atoms with Crippen LogP contribution in [0.15, 0.2) is 59.8 Å². The third kappa shape index (κ3) is 4.77. The highest BCUT2D eigenvalue weighted by atomic mass is 35.5. The van der Waals surface area contributed by atoms with Crippen LogP contribution in [0.25, 0.3) is 11.4 Å². The Balaban J connectivity index is 1.47. The van der Waals surface area contributed by atoms with E-state index in [0.29, 0.717) is 22.5 Å².